The number of aryl methyl sites for hydroxylation is 2. The van der Waals surface area contributed by atoms with Crippen LogP contribution in [0.3, 0.4) is 0 Å². The first-order chi connectivity index (χ1) is 9.27. The molecular formula is C15H26N2O2S. The summed E-state index contributed by atoms with van der Waals surface area (Å²) in [6.07, 6.45) is 1.61. The highest BCUT2D eigenvalue weighted by atomic mass is 32.2. The topological polar surface area (TPSA) is 63.4 Å². The molecule has 0 radical (unpaired) electrons. The Labute approximate surface area is 123 Å². The molecular weight excluding hydrogens is 272 g/mol. The minimum Gasteiger partial charge on any atom is -0.398 e. The number of hydrogen-bond acceptors (Lipinski definition) is 3. The maximum Gasteiger partial charge on any atom is 0.243 e. The number of hydrogen-bond donors (Lipinski definition) is 1. The normalized spacial score (nSPS) is 12.1. The lowest BCUT2D eigenvalue weighted by atomic mass is 10.1. The van der Waals surface area contributed by atoms with Gasteiger partial charge < -0.3 is 5.73 Å². The smallest absolute Gasteiger partial charge is 0.243 e. The van der Waals surface area contributed by atoms with Gasteiger partial charge in [0.25, 0.3) is 0 Å². The first-order valence-electron chi connectivity index (χ1n) is 7.13. The van der Waals surface area contributed by atoms with Gasteiger partial charge in [-0.1, -0.05) is 19.9 Å². The Morgan fingerprint density at radius 2 is 1.55 bits per heavy atom. The van der Waals surface area contributed by atoms with Gasteiger partial charge in [0.15, 0.2) is 0 Å². The van der Waals surface area contributed by atoms with Gasteiger partial charge in [-0.3, -0.25) is 0 Å². The van der Waals surface area contributed by atoms with E-state index in [-0.39, 0.29) is 0 Å². The van der Waals surface area contributed by atoms with E-state index in [0.717, 1.165) is 24.0 Å². The Bertz CT molecular complexity index is 574. The second-order valence-corrected chi connectivity index (χ2v) is 7.16. The molecule has 0 aliphatic heterocycles. The van der Waals surface area contributed by atoms with Crippen molar-refractivity contribution in [3.05, 3.63) is 22.8 Å². The van der Waals surface area contributed by atoms with Crippen molar-refractivity contribution in [2.45, 2.75) is 52.4 Å². The maximum atomic E-state index is 12.9. The fraction of sp³-hybridized carbons (Fsp3) is 0.600. The Balaban J connectivity index is 3.45. The fourth-order valence-corrected chi connectivity index (χ4v) is 4.63. The van der Waals surface area contributed by atoms with Gasteiger partial charge in [0.05, 0.1) is 4.90 Å². The van der Waals surface area contributed by atoms with Gasteiger partial charge in [0.1, 0.15) is 0 Å². The highest BCUT2D eigenvalue weighted by Gasteiger charge is 2.27. The van der Waals surface area contributed by atoms with Crippen molar-refractivity contribution in [1.82, 2.24) is 4.31 Å². The zero-order valence-electron chi connectivity index (χ0n) is 13.2. The fourth-order valence-electron chi connectivity index (χ4n) is 2.56. The van der Waals surface area contributed by atoms with Crippen molar-refractivity contribution >= 4 is 15.7 Å². The summed E-state index contributed by atoms with van der Waals surface area (Å²) in [6.45, 7) is 10.6. The van der Waals surface area contributed by atoms with E-state index in [2.05, 4.69) is 0 Å². The minimum atomic E-state index is -3.47. The van der Waals surface area contributed by atoms with Crippen LogP contribution in [0.5, 0.6) is 0 Å². The summed E-state index contributed by atoms with van der Waals surface area (Å²) in [5.41, 5.74) is 8.95. The van der Waals surface area contributed by atoms with Crippen LogP contribution in [0.1, 0.15) is 43.4 Å². The molecule has 0 unspecified atom stereocenters. The van der Waals surface area contributed by atoms with Gasteiger partial charge in [-0.05, 0) is 50.3 Å². The number of rotatable bonds is 6. The average Bonchev–Trinajstić information content (AvgIpc) is 2.35. The predicted octanol–water partition coefficient (Wildman–Crippen LogP) is 3.00. The van der Waals surface area contributed by atoms with Crippen molar-refractivity contribution in [1.29, 1.82) is 0 Å². The largest absolute Gasteiger partial charge is 0.398 e. The zero-order chi connectivity index (χ0) is 15.5. The second-order valence-electron chi connectivity index (χ2n) is 5.28. The van der Waals surface area contributed by atoms with Gasteiger partial charge in [-0.25, -0.2) is 8.42 Å². The van der Waals surface area contributed by atoms with Crippen LogP contribution in [0.2, 0.25) is 0 Å². The zero-order valence-corrected chi connectivity index (χ0v) is 14.0. The third kappa shape index (κ3) is 3.15. The summed E-state index contributed by atoms with van der Waals surface area (Å²) in [7, 11) is -3.47. The molecule has 0 heterocycles. The van der Waals surface area contributed by atoms with Crippen LogP contribution in [0.4, 0.5) is 5.69 Å². The molecule has 0 atom stereocenters. The van der Waals surface area contributed by atoms with Crippen LogP contribution < -0.4 is 5.73 Å². The lowest BCUT2D eigenvalue weighted by molar-refractivity contribution is 0.409. The summed E-state index contributed by atoms with van der Waals surface area (Å²) < 4.78 is 27.3. The van der Waals surface area contributed by atoms with E-state index >= 15 is 0 Å². The summed E-state index contributed by atoms with van der Waals surface area (Å²) in [5.74, 6) is 0. The molecule has 5 heteroatoms. The van der Waals surface area contributed by atoms with Crippen LogP contribution in [-0.2, 0) is 10.0 Å². The van der Waals surface area contributed by atoms with Gasteiger partial charge >= 0.3 is 0 Å². The maximum absolute atomic E-state index is 12.9. The summed E-state index contributed by atoms with van der Waals surface area (Å²) in [5, 5.41) is 0. The van der Waals surface area contributed by atoms with Crippen molar-refractivity contribution in [3.63, 3.8) is 0 Å². The molecule has 0 aliphatic rings. The Kier molecular flexibility index (Phi) is 5.59. The Morgan fingerprint density at radius 1 is 1.05 bits per heavy atom. The monoisotopic (exact) mass is 298 g/mol. The van der Waals surface area contributed by atoms with Crippen molar-refractivity contribution in [2.75, 3.05) is 18.8 Å². The number of sulfonamides is 1. The van der Waals surface area contributed by atoms with E-state index in [1.807, 2.05) is 33.8 Å². The molecule has 1 aromatic carbocycles. The third-order valence-electron chi connectivity index (χ3n) is 3.50. The van der Waals surface area contributed by atoms with E-state index < -0.39 is 10.0 Å². The molecule has 4 nitrogen and oxygen atoms in total. The van der Waals surface area contributed by atoms with E-state index in [1.54, 1.807) is 11.2 Å². The molecule has 2 N–H and O–H groups in total. The van der Waals surface area contributed by atoms with Gasteiger partial charge in [-0.2, -0.15) is 4.31 Å². The molecule has 0 saturated carbocycles. The van der Waals surface area contributed by atoms with Crippen LogP contribution in [0.15, 0.2) is 11.0 Å². The predicted molar refractivity (Wildman–Crippen MR) is 84.4 cm³/mol. The quantitative estimate of drug-likeness (QED) is 0.821. The Morgan fingerprint density at radius 3 is 2.00 bits per heavy atom. The molecule has 0 bridgehead atoms. The molecule has 20 heavy (non-hydrogen) atoms. The lowest BCUT2D eigenvalue weighted by Gasteiger charge is -2.24. The van der Waals surface area contributed by atoms with E-state index in [4.69, 9.17) is 5.73 Å². The van der Waals surface area contributed by atoms with E-state index in [0.29, 0.717) is 29.2 Å². The summed E-state index contributed by atoms with van der Waals surface area (Å²) >= 11 is 0. The summed E-state index contributed by atoms with van der Waals surface area (Å²) in [6, 6.07) is 1.85. The standard InChI is InChI=1S/C15H26N2O2S/c1-6-8-17(9-7-2)20(18,19)15-12(4)10-11(3)14(16)13(15)5/h10H,6-9,16H2,1-5H3. The van der Waals surface area contributed by atoms with Crippen LogP contribution in [-0.4, -0.2) is 25.8 Å². The first-order valence-corrected chi connectivity index (χ1v) is 8.57. The SMILES string of the molecule is CCCN(CCC)S(=O)(=O)c1c(C)cc(C)c(N)c1C. The van der Waals surface area contributed by atoms with Crippen molar-refractivity contribution in [2.24, 2.45) is 0 Å². The highest BCUT2D eigenvalue weighted by molar-refractivity contribution is 7.89. The van der Waals surface area contributed by atoms with Crippen LogP contribution in [0, 0.1) is 20.8 Å². The molecule has 0 saturated heterocycles. The van der Waals surface area contributed by atoms with Gasteiger partial charge in [0, 0.05) is 18.8 Å². The number of benzene rings is 1. The van der Waals surface area contributed by atoms with E-state index in [9.17, 15) is 8.42 Å². The van der Waals surface area contributed by atoms with Gasteiger partial charge in [0.2, 0.25) is 10.0 Å². The highest BCUT2D eigenvalue weighted by Crippen LogP contribution is 2.30. The van der Waals surface area contributed by atoms with Gasteiger partial charge in [-0.15, -0.1) is 0 Å². The average molecular weight is 298 g/mol. The Hall–Kier alpha value is -1.07. The first kappa shape index (κ1) is 17.0. The second kappa shape index (κ2) is 6.59. The third-order valence-corrected chi connectivity index (χ3v) is 5.69. The van der Waals surface area contributed by atoms with Crippen molar-refractivity contribution in [3.8, 4) is 0 Å². The molecule has 0 spiro atoms. The molecule has 1 aromatic rings. The van der Waals surface area contributed by atoms with Crippen LogP contribution in [0.25, 0.3) is 0 Å². The molecule has 0 aliphatic carbocycles. The molecule has 114 valence electrons. The van der Waals surface area contributed by atoms with Crippen molar-refractivity contribution < 1.29 is 8.42 Å². The number of nitrogens with zero attached hydrogens (tertiary/aromatic N) is 1. The lowest BCUT2D eigenvalue weighted by Crippen LogP contribution is -2.33. The van der Waals surface area contributed by atoms with Crippen LogP contribution >= 0.6 is 0 Å². The number of nitrogen functional groups attached to an aromatic ring is 1. The molecule has 0 fully saturated rings. The molecule has 0 aromatic heterocycles. The molecule has 1 rings (SSSR count). The number of nitrogens with two attached hydrogens (primary N) is 1. The number of anilines is 1. The minimum absolute atomic E-state index is 0.377. The molecule has 0 amide bonds. The summed E-state index contributed by atoms with van der Waals surface area (Å²) in [4.78, 5) is 0.377. The van der Waals surface area contributed by atoms with E-state index in [1.165, 1.54) is 0 Å².